The Balaban J connectivity index is 1.14. The predicted octanol–water partition coefficient (Wildman–Crippen LogP) is 21.1. The molecule has 430 valence electrons. The summed E-state index contributed by atoms with van der Waals surface area (Å²) in [6, 6.07) is 54.3. The number of benzene rings is 8. The summed E-state index contributed by atoms with van der Waals surface area (Å²) in [6.45, 7) is 47.8. The first-order valence-electron chi connectivity index (χ1n) is 31.4. The first-order valence-corrected chi connectivity index (χ1v) is 32.3. The molecule has 0 saturated heterocycles. The lowest BCUT2D eigenvalue weighted by atomic mass is 9.33. The summed E-state index contributed by atoms with van der Waals surface area (Å²) in [5, 5.41) is 2.63. The van der Waals surface area contributed by atoms with Crippen molar-refractivity contribution in [1.29, 1.82) is 0 Å². The van der Waals surface area contributed by atoms with Crippen LogP contribution in [0.15, 0.2) is 133 Å². The van der Waals surface area contributed by atoms with E-state index in [-0.39, 0.29) is 44.6 Å². The van der Waals surface area contributed by atoms with Crippen molar-refractivity contribution < 1.29 is 0 Å². The Morgan fingerprint density at radius 2 is 0.940 bits per heavy atom. The van der Waals surface area contributed by atoms with E-state index in [2.05, 4.69) is 287 Å². The zero-order chi connectivity index (χ0) is 59.9. The highest BCUT2D eigenvalue weighted by Gasteiger charge is 2.48. The van der Waals surface area contributed by atoms with Crippen molar-refractivity contribution in [2.75, 3.05) is 14.7 Å². The summed E-state index contributed by atoms with van der Waals surface area (Å²) in [5.41, 5.74) is 29.3. The zero-order valence-corrected chi connectivity index (χ0v) is 55.2. The van der Waals surface area contributed by atoms with Gasteiger partial charge >= 0.3 is 0 Å². The van der Waals surface area contributed by atoms with E-state index in [0.717, 1.165) is 18.5 Å². The number of thiophene rings is 1. The predicted molar refractivity (Wildman–Crippen MR) is 369 cm³/mol. The summed E-state index contributed by atoms with van der Waals surface area (Å²) in [4.78, 5) is 8.00. The Labute approximate surface area is 508 Å². The molecule has 0 radical (unpaired) electrons. The second-order valence-corrected chi connectivity index (χ2v) is 32.9. The molecule has 0 unspecified atom stereocenters. The van der Waals surface area contributed by atoms with Crippen molar-refractivity contribution in [3.63, 3.8) is 0 Å². The summed E-state index contributed by atoms with van der Waals surface area (Å²) in [7, 11) is 0. The molecule has 5 heteroatoms. The summed E-state index contributed by atoms with van der Waals surface area (Å²) >= 11 is 1.96. The van der Waals surface area contributed by atoms with Crippen molar-refractivity contribution in [3.05, 3.63) is 189 Å². The Morgan fingerprint density at radius 1 is 0.429 bits per heavy atom. The highest BCUT2D eigenvalue weighted by molar-refractivity contribution is 7.26. The van der Waals surface area contributed by atoms with Gasteiger partial charge in [-0.1, -0.05) is 184 Å². The average molecular weight is 1120 g/mol. The molecule has 0 amide bonds. The minimum Gasteiger partial charge on any atom is -0.311 e. The summed E-state index contributed by atoms with van der Waals surface area (Å²) in [6.07, 6.45) is 4.67. The third-order valence-corrected chi connectivity index (χ3v) is 21.9. The van der Waals surface area contributed by atoms with Gasteiger partial charge < -0.3 is 14.7 Å². The number of nitrogens with zero attached hydrogens (tertiary/aromatic N) is 3. The monoisotopic (exact) mass is 1120 g/mol. The second-order valence-electron chi connectivity index (χ2n) is 31.8. The molecule has 1 aromatic heterocycles. The van der Waals surface area contributed by atoms with Crippen LogP contribution in [0.1, 0.15) is 199 Å². The van der Waals surface area contributed by atoms with Gasteiger partial charge in [-0.3, -0.25) is 0 Å². The number of hydrogen-bond acceptors (Lipinski definition) is 4. The first kappa shape index (κ1) is 56.6. The van der Waals surface area contributed by atoms with Crippen LogP contribution in [-0.2, 0) is 37.9 Å². The van der Waals surface area contributed by atoms with Crippen LogP contribution in [0.4, 0.5) is 51.2 Å². The van der Waals surface area contributed by atoms with Crippen LogP contribution in [0.5, 0.6) is 0 Å². The van der Waals surface area contributed by atoms with Crippen molar-refractivity contribution in [2.45, 2.75) is 202 Å². The molecule has 0 atom stereocenters. The fourth-order valence-electron chi connectivity index (χ4n) is 15.1. The maximum absolute atomic E-state index is 2.72. The van der Waals surface area contributed by atoms with Crippen LogP contribution in [0.3, 0.4) is 0 Å². The number of fused-ring (bicyclic) bond motifs is 9. The Bertz CT molecular complexity index is 4150. The molecule has 2 aliphatic carbocycles. The third-order valence-electron chi connectivity index (χ3n) is 20.7. The smallest absolute Gasteiger partial charge is 0.252 e. The SMILES string of the molecule is Cc1cc2c3c(c1)N(c1cccc4c1sc1cc(C(C)(C)C)ccc14)c1cc(N(c4ccc(C(C)(C)C)cc4C)c4ccc(C(C)(C)C)cc4C)ccc1B3c1cc3c(cc1N2c1ccc2c(c1)C(C)(C)CCC2(C)C)C(C)(C)CCC3(C)C. The molecular weight excluding hydrogens is 1030 g/mol. The highest BCUT2D eigenvalue weighted by Crippen LogP contribution is 2.55. The number of rotatable bonds is 5. The average Bonchev–Trinajstić information content (AvgIpc) is 0.756. The molecule has 0 saturated carbocycles. The van der Waals surface area contributed by atoms with Gasteiger partial charge in [-0.25, -0.2) is 0 Å². The fourth-order valence-corrected chi connectivity index (χ4v) is 16.4. The third kappa shape index (κ3) is 8.92. The standard InChI is InChI=1S/C79H90BN3S/c1-47-38-68-71-69(39-47)83(65-23-21-22-56-55-29-24-52(75(10,11)12)42-70(55)84-72(56)65)66-44-54(81(63-32-25-50(40-48(63)2)73(4,5)6)64-33-26-51(41-49(64)3)74(7,8)9)28-31-61(66)80(71)62-45-59-60(79(19,20)37-36-78(59,17)18)46-67(62)82(68)53-27-30-57-58(43-53)77(15,16)35-34-76(57,13)14/h21-33,38-46H,34-37H2,1-20H3. The van der Waals surface area contributed by atoms with E-state index in [1.165, 1.54) is 151 Å². The van der Waals surface area contributed by atoms with Gasteiger partial charge in [-0.05, 0) is 223 Å². The van der Waals surface area contributed by atoms with Gasteiger partial charge in [-0.15, -0.1) is 11.3 Å². The van der Waals surface area contributed by atoms with Gasteiger partial charge in [0, 0.05) is 61.0 Å². The lowest BCUT2D eigenvalue weighted by Gasteiger charge is -2.48. The van der Waals surface area contributed by atoms with Crippen molar-refractivity contribution in [3.8, 4) is 0 Å². The van der Waals surface area contributed by atoms with Crippen LogP contribution in [-0.4, -0.2) is 6.71 Å². The molecular formula is C79H90BN3S. The van der Waals surface area contributed by atoms with E-state index in [0.29, 0.717) is 0 Å². The van der Waals surface area contributed by atoms with Crippen LogP contribution < -0.4 is 31.1 Å². The first-order chi connectivity index (χ1) is 39.2. The minimum atomic E-state index is -0.0358. The van der Waals surface area contributed by atoms with E-state index in [1.54, 1.807) is 0 Å². The second kappa shape index (κ2) is 18.7. The van der Waals surface area contributed by atoms with Gasteiger partial charge in [0.15, 0.2) is 0 Å². The van der Waals surface area contributed by atoms with E-state index >= 15 is 0 Å². The molecule has 84 heavy (non-hydrogen) atoms. The van der Waals surface area contributed by atoms with Crippen molar-refractivity contribution >= 4 is 106 Å². The van der Waals surface area contributed by atoms with Crippen LogP contribution in [0.25, 0.3) is 20.2 Å². The quantitative estimate of drug-likeness (QED) is 0.159. The van der Waals surface area contributed by atoms with Gasteiger partial charge in [-0.2, -0.15) is 0 Å². The topological polar surface area (TPSA) is 9.72 Å². The molecule has 0 spiro atoms. The number of anilines is 9. The molecule has 13 rings (SSSR count). The molecule has 2 aliphatic heterocycles. The Morgan fingerprint density at radius 3 is 1.51 bits per heavy atom. The molecule has 9 aromatic rings. The van der Waals surface area contributed by atoms with E-state index < -0.39 is 0 Å². The fraction of sp³-hybridized carbons (Fsp3) is 0.392. The molecule has 0 fully saturated rings. The lowest BCUT2D eigenvalue weighted by Crippen LogP contribution is -2.62. The van der Waals surface area contributed by atoms with Gasteiger partial charge in [0.1, 0.15) is 0 Å². The molecule has 0 N–H and O–H groups in total. The summed E-state index contributed by atoms with van der Waals surface area (Å²) < 4.78 is 2.65. The zero-order valence-electron chi connectivity index (χ0n) is 54.4. The van der Waals surface area contributed by atoms with Crippen molar-refractivity contribution in [1.82, 2.24) is 0 Å². The van der Waals surface area contributed by atoms with Crippen LogP contribution in [0.2, 0.25) is 0 Å². The molecule has 3 nitrogen and oxygen atoms in total. The molecule has 8 aromatic carbocycles. The molecule has 3 heterocycles. The maximum Gasteiger partial charge on any atom is 0.252 e. The largest absolute Gasteiger partial charge is 0.311 e. The molecule has 4 aliphatic rings. The number of aryl methyl sites for hydroxylation is 3. The maximum atomic E-state index is 2.72. The number of hydrogen-bond donors (Lipinski definition) is 0. The van der Waals surface area contributed by atoms with Gasteiger partial charge in [0.05, 0.1) is 10.4 Å². The Kier molecular flexibility index (Phi) is 12.6. The van der Waals surface area contributed by atoms with Gasteiger partial charge in [0.2, 0.25) is 0 Å². The van der Waals surface area contributed by atoms with E-state index in [9.17, 15) is 0 Å². The molecule has 0 bridgehead atoms. The normalized spacial score (nSPS) is 17.4. The summed E-state index contributed by atoms with van der Waals surface area (Å²) in [5.74, 6) is 0. The van der Waals surface area contributed by atoms with Gasteiger partial charge in [0.25, 0.3) is 6.71 Å². The van der Waals surface area contributed by atoms with Crippen LogP contribution in [0, 0.1) is 20.8 Å². The van der Waals surface area contributed by atoms with E-state index in [4.69, 9.17) is 0 Å². The highest BCUT2D eigenvalue weighted by atomic mass is 32.1. The van der Waals surface area contributed by atoms with E-state index in [1.807, 2.05) is 11.3 Å². The Hall–Kier alpha value is -6.56. The minimum absolute atomic E-state index is 0.0144. The van der Waals surface area contributed by atoms with Crippen LogP contribution >= 0.6 is 11.3 Å². The van der Waals surface area contributed by atoms with Crippen molar-refractivity contribution in [2.24, 2.45) is 0 Å². The lowest BCUT2D eigenvalue weighted by molar-refractivity contribution is 0.332.